The van der Waals surface area contributed by atoms with Crippen molar-refractivity contribution in [2.24, 2.45) is 5.92 Å². The van der Waals surface area contributed by atoms with Crippen LogP contribution in [0, 0.1) is 5.92 Å². The van der Waals surface area contributed by atoms with Crippen LogP contribution in [-0.2, 0) is 0 Å². The van der Waals surface area contributed by atoms with E-state index in [4.69, 9.17) is 0 Å². The maximum atomic E-state index is 4.04. The van der Waals surface area contributed by atoms with Gasteiger partial charge in [0.25, 0.3) is 0 Å². The molecule has 0 radical (unpaired) electrons. The second-order valence-corrected chi connectivity index (χ2v) is 5.40. The van der Waals surface area contributed by atoms with Crippen molar-refractivity contribution < 1.29 is 0 Å². The molecule has 0 fully saturated rings. The zero-order valence-corrected chi connectivity index (χ0v) is 12.5. The molecule has 104 valence electrons. The summed E-state index contributed by atoms with van der Waals surface area (Å²) < 4.78 is 0. The molecular weight excluding hydrogens is 240 g/mol. The molecule has 2 rings (SSSR count). The van der Waals surface area contributed by atoms with E-state index in [2.05, 4.69) is 38.8 Å². The molecule has 0 saturated carbocycles. The molecule has 0 heteroatoms. The van der Waals surface area contributed by atoms with Gasteiger partial charge in [0.2, 0.25) is 0 Å². The zero-order chi connectivity index (χ0) is 14.5. The molecule has 0 N–H and O–H groups in total. The van der Waals surface area contributed by atoms with E-state index in [1.165, 1.54) is 48.0 Å². The van der Waals surface area contributed by atoms with Crippen LogP contribution in [0.25, 0.3) is 0 Å². The molecule has 2 aliphatic rings. The largest absolute Gasteiger partial charge is 0.0990 e. The quantitative estimate of drug-likeness (QED) is 0.559. The summed E-state index contributed by atoms with van der Waals surface area (Å²) in [7, 11) is 0. The molecular formula is C20H24. The lowest BCUT2D eigenvalue weighted by molar-refractivity contribution is 0.680. The minimum Gasteiger partial charge on any atom is -0.0990 e. The van der Waals surface area contributed by atoms with Gasteiger partial charge in [-0.05, 0) is 48.0 Å². The van der Waals surface area contributed by atoms with E-state index in [-0.39, 0.29) is 0 Å². The molecule has 1 atom stereocenters. The van der Waals surface area contributed by atoms with Gasteiger partial charge >= 0.3 is 0 Å². The molecule has 0 amide bonds. The number of hydrogen-bond donors (Lipinski definition) is 0. The van der Waals surface area contributed by atoms with Gasteiger partial charge in [-0.3, -0.25) is 0 Å². The maximum Gasteiger partial charge on any atom is 0.00411 e. The highest BCUT2D eigenvalue weighted by Crippen LogP contribution is 2.44. The first-order valence-electron chi connectivity index (χ1n) is 7.46. The second-order valence-electron chi connectivity index (χ2n) is 5.40. The van der Waals surface area contributed by atoms with Crippen LogP contribution in [0.3, 0.4) is 0 Å². The molecule has 1 unspecified atom stereocenters. The summed E-state index contributed by atoms with van der Waals surface area (Å²) in [5, 5.41) is 0. The van der Waals surface area contributed by atoms with Gasteiger partial charge in [-0.15, -0.1) is 0 Å². The first kappa shape index (κ1) is 14.6. The molecule has 0 aromatic carbocycles. The van der Waals surface area contributed by atoms with Crippen LogP contribution in [0.1, 0.15) is 32.6 Å². The minimum absolute atomic E-state index is 0.449. The van der Waals surface area contributed by atoms with Crippen LogP contribution < -0.4 is 0 Å². The molecule has 0 heterocycles. The van der Waals surface area contributed by atoms with Gasteiger partial charge in [-0.25, -0.2) is 0 Å². The standard InChI is InChI=1S/C20H24/c1-5-12-16(6-2)20-15(4)18-13-10-8-9-11-14-19(18)17(20)7-3/h5-7,11-12,14-15H,1-3,8-10,13H2,4H3/b14-11-,16-12-. The van der Waals surface area contributed by atoms with Crippen molar-refractivity contribution in [3.8, 4) is 0 Å². The van der Waals surface area contributed by atoms with Gasteiger partial charge in [0.15, 0.2) is 0 Å². The summed E-state index contributed by atoms with van der Waals surface area (Å²) in [6.45, 7) is 14.1. The highest BCUT2D eigenvalue weighted by atomic mass is 14.3. The average molecular weight is 264 g/mol. The van der Waals surface area contributed by atoms with E-state index in [1.807, 2.05) is 24.3 Å². The number of rotatable bonds is 4. The molecule has 20 heavy (non-hydrogen) atoms. The summed E-state index contributed by atoms with van der Waals surface area (Å²) in [5.41, 5.74) is 6.74. The van der Waals surface area contributed by atoms with Crippen molar-refractivity contribution >= 4 is 0 Å². The molecule has 2 aliphatic carbocycles. The van der Waals surface area contributed by atoms with Crippen molar-refractivity contribution in [1.82, 2.24) is 0 Å². The predicted octanol–water partition coefficient (Wildman–Crippen LogP) is 5.84. The Morgan fingerprint density at radius 2 is 2.05 bits per heavy atom. The zero-order valence-electron chi connectivity index (χ0n) is 12.5. The predicted molar refractivity (Wildman–Crippen MR) is 89.5 cm³/mol. The average Bonchev–Trinajstić information content (AvgIpc) is 2.67. The van der Waals surface area contributed by atoms with Gasteiger partial charge in [0.05, 0.1) is 0 Å². The molecule has 0 aromatic heterocycles. The molecule has 0 spiro atoms. The second kappa shape index (κ2) is 6.56. The van der Waals surface area contributed by atoms with Gasteiger partial charge < -0.3 is 0 Å². The van der Waals surface area contributed by atoms with E-state index in [9.17, 15) is 0 Å². The fourth-order valence-corrected chi connectivity index (χ4v) is 3.31. The third-order valence-corrected chi connectivity index (χ3v) is 4.27. The lowest BCUT2D eigenvalue weighted by Crippen LogP contribution is -2.02. The summed E-state index contributed by atoms with van der Waals surface area (Å²) in [6.07, 6.45) is 17.4. The van der Waals surface area contributed by atoms with Crippen molar-refractivity contribution in [3.63, 3.8) is 0 Å². The summed E-state index contributed by atoms with van der Waals surface area (Å²) in [4.78, 5) is 0. The molecule has 0 saturated heterocycles. The van der Waals surface area contributed by atoms with E-state index >= 15 is 0 Å². The SMILES string of the molecule is C=C/C=C(/C=C)C1=C(C=C)C2=C(CCCC/C=C\2)C1C. The monoisotopic (exact) mass is 264 g/mol. The van der Waals surface area contributed by atoms with E-state index < -0.39 is 0 Å². The highest BCUT2D eigenvalue weighted by molar-refractivity contribution is 5.65. The van der Waals surface area contributed by atoms with E-state index in [0.29, 0.717) is 5.92 Å². The van der Waals surface area contributed by atoms with Crippen LogP contribution in [-0.4, -0.2) is 0 Å². The summed E-state index contributed by atoms with van der Waals surface area (Å²) in [5.74, 6) is 0.449. The Labute approximate surface area is 123 Å². The molecule has 0 nitrogen and oxygen atoms in total. The summed E-state index contributed by atoms with van der Waals surface area (Å²) in [6, 6.07) is 0. The third-order valence-electron chi connectivity index (χ3n) is 4.27. The first-order chi connectivity index (χ1) is 9.74. The lowest BCUT2D eigenvalue weighted by atomic mass is 9.88. The van der Waals surface area contributed by atoms with Crippen molar-refractivity contribution in [3.05, 3.63) is 84.1 Å². The van der Waals surface area contributed by atoms with Crippen LogP contribution >= 0.6 is 0 Å². The topological polar surface area (TPSA) is 0 Å². The lowest BCUT2D eigenvalue weighted by Gasteiger charge is -2.16. The Balaban J connectivity index is 2.56. The van der Waals surface area contributed by atoms with Crippen molar-refractivity contribution in [1.29, 1.82) is 0 Å². The van der Waals surface area contributed by atoms with Gasteiger partial charge in [-0.2, -0.15) is 0 Å². The van der Waals surface area contributed by atoms with Crippen LogP contribution in [0.4, 0.5) is 0 Å². The first-order valence-corrected chi connectivity index (χ1v) is 7.46. The Morgan fingerprint density at radius 3 is 2.70 bits per heavy atom. The van der Waals surface area contributed by atoms with Crippen LogP contribution in [0.2, 0.25) is 0 Å². The maximum absolute atomic E-state index is 4.04. The molecule has 0 bridgehead atoms. The fraction of sp³-hybridized carbons (Fsp3) is 0.300. The third kappa shape index (κ3) is 2.56. The minimum atomic E-state index is 0.449. The Hall–Kier alpha value is -1.82. The number of allylic oxidation sites excluding steroid dienone is 11. The van der Waals surface area contributed by atoms with Gasteiger partial charge in [0, 0.05) is 5.92 Å². The van der Waals surface area contributed by atoms with E-state index in [0.717, 1.165) is 0 Å². The van der Waals surface area contributed by atoms with Gasteiger partial charge in [0.1, 0.15) is 0 Å². The normalized spacial score (nSPS) is 24.9. The van der Waals surface area contributed by atoms with Crippen molar-refractivity contribution in [2.45, 2.75) is 32.6 Å². The Kier molecular flexibility index (Phi) is 4.79. The number of hydrogen-bond acceptors (Lipinski definition) is 0. The van der Waals surface area contributed by atoms with Crippen LogP contribution in [0.5, 0.6) is 0 Å². The highest BCUT2D eigenvalue weighted by Gasteiger charge is 2.29. The van der Waals surface area contributed by atoms with Crippen molar-refractivity contribution in [2.75, 3.05) is 0 Å². The Morgan fingerprint density at radius 1 is 1.25 bits per heavy atom. The smallest absolute Gasteiger partial charge is 0.00411 e. The van der Waals surface area contributed by atoms with E-state index in [1.54, 1.807) is 5.57 Å². The van der Waals surface area contributed by atoms with Gasteiger partial charge in [-0.1, -0.05) is 68.7 Å². The van der Waals surface area contributed by atoms with Crippen LogP contribution in [0.15, 0.2) is 84.1 Å². The molecule has 0 aromatic rings. The summed E-state index contributed by atoms with van der Waals surface area (Å²) >= 11 is 0. The molecule has 0 aliphatic heterocycles. The fourth-order valence-electron chi connectivity index (χ4n) is 3.31. The Bertz CT molecular complexity index is 547.